The van der Waals surface area contributed by atoms with E-state index in [0.29, 0.717) is 0 Å². The fourth-order valence-corrected chi connectivity index (χ4v) is 3.10. The number of hydrogen-bond donors (Lipinski definition) is 2. The molecule has 1 aromatic carbocycles. The monoisotopic (exact) mass is 312 g/mol. The molecule has 0 bridgehead atoms. The number of H-pyrrole nitrogens is 1. The summed E-state index contributed by atoms with van der Waals surface area (Å²) in [5.74, 6) is 0.839. The molecule has 0 aliphatic carbocycles. The average molecular weight is 312 g/mol. The van der Waals surface area contributed by atoms with Crippen molar-refractivity contribution in [1.29, 1.82) is 0 Å². The Balaban J connectivity index is 1.51. The molecule has 0 radical (unpaired) electrons. The molecule has 23 heavy (non-hydrogen) atoms. The number of aromatic amines is 1. The molecule has 0 aliphatic heterocycles. The Morgan fingerprint density at radius 3 is 2.96 bits per heavy atom. The van der Waals surface area contributed by atoms with Gasteiger partial charge in [0.2, 0.25) is 5.88 Å². The van der Waals surface area contributed by atoms with E-state index in [1.165, 1.54) is 16.5 Å². The van der Waals surface area contributed by atoms with E-state index in [9.17, 15) is 0 Å². The van der Waals surface area contributed by atoms with Gasteiger partial charge in [-0.05, 0) is 37.9 Å². The lowest BCUT2D eigenvalue weighted by molar-refractivity contribution is 0.368. The predicted octanol–water partition coefficient (Wildman–Crippen LogP) is 2.94. The van der Waals surface area contributed by atoms with E-state index in [0.717, 1.165) is 43.1 Å². The molecule has 5 nitrogen and oxygen atoms in total. The van der Waals surface area contributed by atoms with Crippen LogP contribution in [0.5, 0.6) is 5.88 Å². The summed E-state index contributed by atoms with van der Waals surface area (Å²) < 4.78 is 7.21. The van der Waals surface area contributed by atoms with Crippen LogP contribution in [0.3, 0.4) is 0 Å². The number of aromatic nitrogens is 3. The highest BCUT2D eigenvalue weighted by atomic mass is 16.5. The predicted molar refractivity (Wildman–Crippen MR) is 92.8 cm³/mol. The van der Waals surface area contributed by atoms with Gasteiger partial charge in [-0.15, -0.1) is 0 Å². The van der Waals surface area contributed by atoms with Crippen LogP contribution in [-0.2, 0) is 20.0 Å². The Hall–Kier alpha value is -2.27. The molecule has 0 unspecified atom stereocenters. The van der Waals surface area contributed by atoms with E-state index in [-0.39, 0.29) is 0 Å². The molecule has 3 rings (SSSR count). The van der Waals surface area contributed by atoms with Crippen LogP contribution in [0.15, 0.2) is 30.5 Å². The first-order valence-corrected chi connectivity index (χ1v) is 8.03. The van der Waals surface area contributed by atoms with Gasteiger partial charge in [-0.1, -0.05) is 18.2 Å². The van der Waals surface area contributed by atoms with Crippen LogP contribution in [0.25, 0.3) is 10.9 Å². The third-order valence-electron chi connectivity index (χ3n) is 4.26. The molecule has 0 amide bonds. The van der Waals surface area contributed by atoms with Gasteiger partial charge in [0.05, 0.1) is 18.4 Å². The summed E-state index contributed by atoms with van der Waals surface area (Å²) in [6, 6.07) is 8.45. The number of hydrogen-bond acceptors (Lipinski definition) is 3. The maximum absolute atomic E-state index is 5.42. The molecular weight excluding hydrogens is 288 g/mol. The molecule has 3 aromatic rings. The molecule has 0 saturated heterocycles. The highest BCUT2D eigenvalue weighted by Crippen LogP contribution is 2.21. The second kappa shape index (κ2) is 6.87. The van der Waals surface area contributed by atoms with Crippen molar-refractivity contribution in [2.45, 2.75) is 26.3 Å². The van der Waals surface area contributed by atoms with E-state index < -0.39 is 0 Å². The Kier molecular flexibility index (Phi) is 4.67. The molecule has 2 heterocycles. The summed E-state index contributed by atoms with van der Waals surface area (Å²) in [4.78, 5) is 3.33. The molecule has 0 saturated carbocycles. The first-order chi connectivity index (χ1) is 11.2. The summed E-state index contributed by atoms with van der Waals surface area (Å²) >= 11 is 0. The zero-order valence-corrected chi connectivity index (χ0v) is 14.0. The third kappa shape index (κ3) is 3.24. The second-order valence-electron chi connectivity index (χ2n) is 5.84. The Morgan fingerprint density at radius 1 is 1.30 bits per heavy atom. The van der Waals surface area contributed by atoms with Crippen LogP contribution in [0.1, 0.15) is 23.2 Å². The lowest BCUT2D eigenvalue weighted by Gasteiger charge is -2.07. The standard InChI is InChI=1S/C18H24N4O/c1-13-16(18(23-3)22(2)21-13)12-19-10-6-7-14-11-20-17-9-5-4-8-15(14)17/h4-5,8-9,11,19-20H,6-7,10,12H2,1-3H3. The number of methoxy groups -OCH3 is 1. The first-order valence-electron chi connectivity index (χ1n) is 8.03. The van der Waals surface area contributed by atoms with Crippen molar-refractivity contribution >= 4 is 10.9 Å². The minimum absolute atomic E-state index is 0.788. The number of nitrogens with zero attached hydrogens (tertiary/aromatic N) is 2. The SMILES string of the molecule is COc1c(CNCCCc2c[nH]c3ccccc23)c(C)nn1C. The molecule has 2 aromatic heterocycles. The van der Waals surface area contributed by atoms with Crippen molar-refractivity contribution in [1.82, 2.24) is 20.1 Å². The smallest absolute Gasteiger partial charge is 0.216 e. The number of ether oxygens (including phenoxy) is 1. The van der Waals surface area contributed by atoms with Gasteiger partial charge in [0.25, 0.3) is 0 Å². The fraction of sp³-hybridized carbons (Fsp3) is 0.389. The van der Waals surface area contributed by atoms with Crippen molar-refractivity contribution < 1.29 is 4.74 Å². The normalized spacial score (nSPS) is 11.3. The van der Waals surface area contributed by atoms with Gasteiger partial charge in [-0.3, -0.25) is 0 Å². The van der Waals surface area contributed by atoms with E-state index in [4.69, 9.17) is 4.74 Å². The van der Waals surface area contributed by atoms with Crippen molar-refractivity contribution in [3.63, 3.8) is 0 Å². The minimum Gasteiger partial charge on any atom is -0.481 e. The maximum Gasteiger partial charge on any atom is 0.216 e. The van der Waals surface area contributed by atoms with Crippen LogP contribution in [0.2, 0.25) is 0 Å². The van der Waals surface area contributed by atoms with E-state index in [1.54, 1.807) is 11.8 Å². The van der Waals surface area contributed by atoms with Crippen LogP contribution >= 0.6 is 0 Å². The number of aryl methyl sites for hydroxylation is 3. The molecule has 2 N–H and O–H groups in total. The zero-order chi connectivity index (χ0) is 16.2. The number of nitrogens with one attached hydrogen (secondary N) is 2. The summed E-state index contributed by atoms with van der Waals surface area (Å²) in [7, 11) is 3.60. The van der Waals surface area contributed by atoms with Crippen LogP contribution in [0, 0.1) is 6.92 Å². The summed E-state index contributed by atoms with van der Waals surface area (Å²) in [6.07, 6.45) is 4.29. The average Bonchev–Trinajstić information content (AvgIpc) is 3.08. The van der Waals surface area contributed by atoms with Gasteiger partial charge in [0.15, 0.2) is 0 Å². The van der Waals surface area contributed by atoms with Crippen molar-refractivity contribution in [3.05, 3.63) is 47.3 Å². The van der Waals surface area contributed by atoms with Crippen LogP contribution < -0.4 is 10.1 Å². The zero-order valence-electron chi connectivity index (χ0n) is 14.0. The Morgan fingerprint density at radius 2 is 2.13 bits per heavy atom. The van der Waals surface area contributed by atoms with Crippen molar-refractivity contribution in [2.24, 2.45) is 7.05 Å². The lowest BCUT2D eigenvalue weighted by Crippen LogP contribution is -2.16. The Labute approximate surface area is 136 Å². The molecule has 0 spiro atoms. The van der Waals surface area contributed by atoms with Gasteiger partial charge in [-0.2, -0.15) is 5.10 Å². The van der Waals surface area contributed by atoms with Gasteiger partial charge in [0, 0.05) is 30.7 Å². The van der Waals surface area contributed by atoms with E-state index in [1.807, 2.05) is 14.0 Å². The largest absolute Gasteiger partial charge is 0.481 e. The summed E-state index contributed by atoms with van der Waals surface area (Å²) in [5.41, 5.74) is 4.76. The highest BCUT2D eigenvalue weighted by molar-refractivity contribution is 5.82. The molecular formula is C18H24N4O. The molecule has 0 fully saturated rings. The van der Waals surface area contributed by atoms with Gasteiger partial charge < -0.3 is 15.0 Å². The quantitative estimate of drug-likeness (QED) is 0.660. The number of benzene rings is 1. The van der Waals surface area contributed by atoms with Crippen molar-refractivity contribution in [3.8, 4) is 5.88 Å². The second-order valence-corrected chi connectivity index (χ2v) is 5.84. The Bertz CT molecular complexity index is 788. The minimum atomic E-state index is 0.788. The van der Waals surface area contributed by atoms with Gasteiger partial charge >= 0.3 is 0 Å². The topological polar surface area (TPSA) is 54.9 Å². The third-order valence-corrected chi connectivity index (χ3v) is 4.26. The lowest BCUT2D eigenvalue weighted by atomic mass is 10.1. The maximum atomic E-state index is 5.42. The van der Waals surface area contributed by atoms with Gasteiger partial charge in [-0.25, -0.2) is 4.68 Å². The van der Waals surface area contributed by atoms with Crippen molar-refractivity contribution in [2.75, 3.05) is 13.7 Å². The molecule has 0 atom stereocenters. The number of para-hydroxylation sites is 1. The van der Waals surface area contributed by atoms with Gasteiger partial charge in [0.1, 0.15) is 0 Å². The van der Waals surface area contributed by atoms with E-state index >= 15 is 0 Å². The molecule has 5 heteroatoms. The first kappa shape index (κ1) is 15.6. The summed E-state index contributed by atoms with van der Waals surface area (Å²) in [5, 5.41) is 9.23. The number of fused-ring (bicyclic) bond motifs is 1. The highest BCUT2D eigenvalue weighted by Gasteiger charge is 2.12. The number of rotatable bonds is 7. The summed E-state index contributed by atoms with van der Waals surface area (Å²) in [6.45, 7) is 3.78. The molecule has 0 aliphatic rings. The van der Waals surface area contributed by atoms with E-state index in [2.05, 4.69) is 45.9 Å². The molecule has 122 valence electrons. The fourth-order valence-electron chi connectivity index (χ4n) is 3.10. The van der Waals surface area contributed by atoms with Crippen LogP contribution in [0.4, 0.5) is 0 Å². The van der Waals surface area contributed by atoms with Crippen LogP contribution in [-0.4, -0.2) is 28.4 Å².